The molecule has 6 nitrogen and oxygen atoms in total. The molecule has 0 saturated carbocycles. The van der Waals surface area contributed by atoms with Gasteiger partial charge in [0.05, 0.1) is 11.8 Å². The number of amides is 1. The Kier molecular flexibility index (Phi) is 7.60. The fraction of sp³-hybridized carbons (Fsp3) is 0.400. The minimum absolute atomic E-state index is 0.0137. The minimum atomic E-state index is 0.0137. The van der Waals surface area contributed by atoms with Crippen molar-refractivity contribution in [3.63, 3.8) is 0 Å². The quantitative estimate of drug-likeness (QED) is 0.521. The summed E-state index contributed by atoms with van der Waals surface area (Å²) in [4.78, 5) is 15.2. The van der Waals surface area contributed by atoms with Crippen molar-refractivity contribution < 1.29 is 4.79 Å². The lowest BCUT2D eigenvalue weighted by Crippen LogP contribution is -2.42. The number of aryl methyl sites for hydroxylation is 1. The molecule has 32 heavy (non-hydrogen) atoms. The summed E-state index contributed by atoms with van der Waals surface area (Å²) in [6.45, 7) is 7.14. The lowest BCUT2D eigenvalue weighted by molar-refractivity contribution is -0.118. The predicted molar refractivity (Wildman–Crippen MR) is 129 cm³/mol. The van der Waals surface area contributed by atoms with Crippen LogP contribution < -0.4 is 5.32 Å². The van der Waals surface area contributed by atoms with E-state index < -0.39 is 0 Å². The fourth-order valence-corrected chi connectivity index (χ4v) is 4.83. The van der Waals surface area contributed by atoms with Crippen molar-refractivity contribution in [2.75, 3.05) is 25.4 Å². The van der Waals surface area contributed by atoms with Crippen LogP contribution in [0.2, 0.25) is 0 Å². The van der Waals surface area contributed by atoms with E-state index in [0.29, 0.717) is 17.5 Å². The van der Waals surface area contributed by atoms with Crippen LogP contribution in [0.1, 0.15) is 36.9 Å². The van der Waals surface area contributed by atoms with Crippen molar-refractivity contribution >= 4 is 17.7 Å². The highest BCUT2D eigenvalue weighted by Crippen LogP contribution is 2.26. The largest absolute Gasteiger partial charge is 0.353 e. The van der Waals surface area contributed by atoms with Gasteiger partial charge in [-0.05, 0) is 56.5 Å². The van der Waals surface area contributed by atoms with Crippen LogP contribution in [-0.2, 0) is 4.79 Å². The number of benzene rings is 2. The van der Waals surface area contributed by atoms with Gasteiger partial charge in [0.1, 0.15) is 6.33 Å². The standard InChI is InChI=1S/C25H31N5OS/c1-19-8-10-22(11-9-19)30-18-27-28-25(30)32-17-24(31)26-16-23(21-6-4-3-5-7-21)29-14-12-20(2)13-15-29/h3-11,18,20,23H,12-17H2,1-2H3,(H,26,31). The molecule has 1 aliphatic heterocycles. The molecule has 1 N–H and O–H groups in total. The van der Waals surface area contributed by atoms with Gasteiger partial charge in [0.25, 0.3) is 0 Å². The summed E-state index contributed by atoms with van der Waals surface area (Å²) in [6, 6.07) is 18.9. The number of nitrogens with one attached hydrogen (secondary N) is 1. The number of carbonyl (C=O) groups is 1. The zero-order valence-electron chi connectivity index (χ0n) is 18.8. The van der Waals surface area contributed by atoms with Gasteiger partial charge in [0.15, 0.2) is 5.16 Å². The molecule has 2 heterocycles. The summed E-state index contributed by atoms with van der Waals surface area (Å²) in [6.07, 6.45) is 4.11. The molecule has 2 aromatic carbocycles. The first-order valence-corrected chi connectivity index (χ1v) is 12.2. The molecule has 0 spiro atoms. The highest BCUT2D eigenvalue weighted by Gasteiger charge is 2.25. The Bertz CT molecular complexity index is 997. The van der Waals surface area contributed by atoms with E-state index in [2.05, 4.69) is 70.7 Å². The van der Waals surface area contributed by atoms with Gasteiger partial charge in [-0.1, -0.05) is 66.7 Å². The maximum absolute atomic E-state index is 12.7. The van der Waals surface area contributed by atoms with Crippen LogP contribution in [0.4, 0.5) is 0 Å². The van der Waals surface area contributed by atoms with Crippen LogP contribution in [0.15, 0.2) is 66.1 Å². The van der Waals surface area contributed by atoms with Gasteiger partial charge < -0.3 is 5.32 Å². The highest BCUT2D eigenvalue weighted by atomic mass is 32.2. The van der Waals surface area contributed by atoms with E-state index in [1.807, 2.05) is 22.8 Å². The Morgan fingerprint density at radius 2 is 1.84 bits per heavy atom. The molecule has 1 saturated heterocycles. The third-order valence-corrected chi connectivity index (χ3v) is 7.04. The number of piperidine rings is 1. The molecular formula is C25H31N5OS. The molecule has 3 aromatic rings. The van der Waals surface area contributed by atoms with Crippen molar-refractivity contribution in [2.45, 2.75) is 37.9 Å². The van der Waals surface area contributed by atoms with Crippen LogP contribution in [-0.4, -0.2) is 51.0 Å². The molecule has 1 atom stereocenters. The third-order valence-electron chi connectivity index (χ3n) is 6.10. The number of hydrogen-bond acceptors (Lipinski definition) is 5. The summed E-state index contributed by atoms with van der Waals surface area (Å²) in [7, 11) is 0. The zero-order chi connectivity index (χ0) is 22.3. The Morgan fingerprint density at radius 3 is 2.56 bits per heavy atom. The SMILES string of the molecule is Cc1ccc(-n2cnnc2SCC(=O)NCC(c2ccccc2)N2CCC(C)CC2)cc1. The van der Waals surface area contributed by atoms with E-state index in [0.717, 1.165) is 24.7 Å². The number of thioether (sulfide) groups is 1. The maximum Gasteiger partial charge on any atom is 0.230 e. The monoisotopic (exact) mass is 449 g/mol. The van der Waals surface area contributed by atoms with Crippen molar-refractivity contribution in [2.24, 2.45) is 5.92 Å². The van der Waals surface area contributed by atoms with Crippen molar-refractivity contribution in [3.05, 3.63) is 72.1 Å². The van der Waals surface area contributed by atoms with Gasteiger partial charge in [-0.15, -0.1) is 10.2 Å². The number of hydrogen-bond donors (Lipinski definition) is 1. The number of aromatic nitrogens is 3. The van der Waals surface area contributed by atoms with E-state index in [4.69, 9.17) is 0 Å². The topological polar surface area (TPSA) is 63.1 Å². The Balaban J connectivity index is 1.35. The van der Waals surface area contributed by atoms with E-state index in [9.17, 15) is 4.79 Å². The number of carbonyl (C=O) groups excluding carboxylic acids is 1. The van der Waals surface area contributed by atoms with Crippen LogP contribution in [0.3, 0.4) is 0 Å². The van der Waals surface area contributed by atoms with E-state index in [1.54, 1.807) is 6.33 Å². The Labute approximate surface area is 194 Å². The smallest absolute Gasteiger partial charge is 0.230 e. The molecule has 1 fully saturated rings. The van der Waals surface area contributed by atoms with Gasteiger partial charge in [-0.2, -0.15) is 0 Å². The van der Waals surface area contributed by atoms with E-state index >= 15 is 0 Å². The maximum atomic E-state index is 12.7. The Hall–Kier alpha value is -2.64. The summed E-state index contributed by atoms with van der Waals surface area (Å²) in [5.41, 5.74) is 3.45. The fourth-order valence-electron chi connectivity index (χ4n) is 4.07. The second kappa shape index (κ2) is 10.8. The average Bonchev–Trinajstić information content (AvgIpc) is 3.29. The molecule has 1 aliphatic rings. The first-order valence-electron chi connectivity index (χ1n) is 11.3. The van der Waals surface area contributed by atoms with Gasteiger partial charge in [0, 0.05) is 12.2 Å². The van der Waals surface area contributed by atoms with Crippen LogP contribution >= 0.6 is 11.8 Å². The van der Waals surface area contributed by atoms with Crippen LogP contribution in [0.5, 0.6) is 0 Å². The first kappa shape index (κ1) is 22.6. The van der Waals surface area contributed by atoms with Gasteiger partial charge in [-0.3, -0.25) is 14.3 Å². The van der Waals surface area contributed by atoms with Gasteiger partial charge in [-0.25, -0.2) is 0 Å². The second-order valence-corrected chi connectivity index (χ2v) is 9.50. The van der Waals surface area contributed by atoms with E-state index in [1.165, 1.54) is 35.7 Å². The molecule has 4 rings (SSSR count). The molecule has 7 heteroatoms. The molecule has 1 aromatic heterocycles. The molecule has 0 aliphatic carbocycles. The zero-order valence-corrected chi connectivity index (χ0v) is 19.6. The van der Waals surface area contributed by atoms with Crippen molar-refractivity contribution in [1.29, 1.82) is 0 Å². The summed E-state index contributed by atoms with van der Waals surface area (Å²) in [5.74, 6) is 1.10. The number of nitrogens with zero attached hydrogens (tertiary/aromatic N) is 4. The molecular weight excluding hydrogens is 418 g/mol. The normalized spacial score (nSPS) is 16.1. The average molecular weight is 450 g/mol. The summed E-state index contributed by atoms with van der Waals surface area (Å²) < 4.78 is 1.92. The molecule has 0 radical (unpaired) electrons. The summed E-state index contributed by atoms with van der Waals surface area (Å²) in [5, 5.41) is 12.1. The lowest BCUT2D eigenvalue weighted by atomic mass is 9.95. The second-order valence-electron chi connectivity index (χ2n) is 8.56. The van der Waals surface area contributed by atoms with Gasteiger partial charge in [0.2, 0.25) is 5.91 Å². The highest BCUT2D eigenvalue weighted by molar-refractivity contribution is 7.99. The molecule has 168 valence electrons. The van der Waals surface area contributed by atoms with Crippen LogP contribution in [0.25, 0.3) is 5.69 Å². The predicted octanol–water partition coefficient (Wildman–Crippen LogP) is 4.26. The number of rotatable bonds is 8. The molecule has 1 amide bonds. The van der Waals surface area contributed by atoms with Gasteiger partial charge >= 0.3 is 0 Å². The Morgan fingerprint density at radius 1 is 1.12 bits per heavy atom. The van der Waals surface area contributed by atoms with E-state index in [-0.39, 0.29) is 11.9 Å². The molecule has 0 bridgehead atoms. The van der Waals surface area contributed by atoms with Crippen molar-refractivity contribution in [3.8, 4) is 5.69 Å². The first-order chi connectivity index (χ1) is 15.6. The van der Waals surface area contributed by atoms with Crippen molar-refractivity contribution in [1.82, 2.24) is 25.0 Å². The summed E-state index contributed by atoms with van der Waals surface area (Å²) >= 11 is 1.41. The lowest BCUT2D eigenvalue weighted by Gasteiger charge is -2.37. The van der Waals surface area contributed by atoms with Crippen LogP contribution in [0, 0.1) is 12.8 Å². The minimum Gasteiger partial charge on any atom is -0.353 e. The molecule has 1 unspecified atom stereocenters. The third kappa shape index (κ3) is 5.78. The number of likely N-dealkylation sites (tertiary alicyclic amines) is 1.